The molecule has 0 aromatic carbocycles. The van der Waals surface area contributed by atoms with Crippen LogP contribution in [0.15, 0.2) is 6.20 Å². The van der Waals surface area contributed by atoms with Crippen LogP contribution in [0, 0.1) is 4.77 Å². The third-order valence-electron chi connectivity index (χ3n) is 2.03. The molecule has 14 heavy (non-hydrogen) atoms. The van der Waals surface area contributed by atoms with E-state index in [0.717, 1.165) is 5.69 Å². The molecule has 0 fully saturated rings. The highest BCUT2D eigenvalue weighted by Crippen LogP contribution is 2.12. The predicted molar refractivity (Wildman–Crippen MR) is 57.9 cm³/mol. The number of primary amides is 1. The standard InChI is InChI=1S/C8H12ClN3OS/c1-5(7(10)13)6-4-12(3-2-9)8(14)11-6/h4-5H,2-3H2,1H3,(H2,10,13)(H,11,14). The van der Waals surface area contributed by atoms with Crippen LogP contribution in [0.5, 0.6) is 0 Å². The third-order valence-corrected chi connectivity index (χ3v) is 2.53. The summed E-state index contributed by atoms with van der Waals surface area (Å²) in [6, 6.07) is 0. The first-order valence-corrected chi connectivity index (χ1v) is 5.15. The van der Waals surface area contributed by atoms with Gasteiger partial charge in [-0.1, -0.05) is 0 Å². The lowest BCUT2D eigenvalue weighted by atomic mass is 10.1. The van der Waals surface area contributed by atoms with Crippen LogP contribution in [0.25, 0.3) is 0 Å². The second-order valence-corrected chi connectivity index (χ2v) is 3.79. The van der Waals surface area contributed by atoms with Gasteiger partial charge < -0.3 is 15.3 Å². The molecule has 0 radical (unpaired) electrons. The van der Waals surface area contributed by atoms with Crippen molar-refractivity contribution in [3.8, 4) is 0 Å². The fourth-order valence-corrected chi connectivity index (χ4v) is 1.53. The number of aromatic amines is 1. The summed E-state index contributed by atoms with van der Waals surface area (Å²) in [7, 11) is 0. The second kappa shape index (κ2) is 4.61. The molecule has 0 saturated heterocycles. The van der Waals surface area contributed by atoms with Crippen LogP contribution >= 0.6 is 23.8 Å². The summed E-state index contributed by atoms with van der Waals surface area (Å²) in [5.41, 5.74) is 5.90. The minimum atomic E-state index is -0.376. The molecule has 3 N–H and O–H groups in total. The van der Waals surface area contributed by atoms with Gasteiger partial charge in [-0.05, 0) is 19.1 Å². The van der Waals surface area contributed by atoms with Crippen LogP contribution < -0.4 is 5.73 Å². The fraction of sp³-hybridized carbons (Fsp3) is 0.500. The Kier molecular flexibility index (Phi) is 3.71. The molecule has 1 rings (SSSR count). The summed E-state index contributed by atoms with van der Waals surface area (Å²) >= 11 is 10.6. The lowest BCUT2D eigenvalue weighted by Gasteiger charge is -2.02. The van der Waals surface area contributed by atoms with Crippen molar-refractivity contribution in [1.29, 1.82) is 0 Å². The van der Waals surface area contributed by atoms with Gasteiger partial charge in [-0.15, -0.1) is 11.6 Å². The van der Waals surface area contributed by atoms with Crippen molar-refractivity contribution in [2.45, 2.75) is 19.4 Å². The molecule has 0 bridgehead atoms. The van der Waals surface area contributed by atoms with Crippen molar-refractivity contribution in [2.75, 3.05) is 5.88 Å². The number of nitrogens with zero attached hydrogens (tertiary/aromatic N) is 1. The van der Waals surface area contributed by atoms with Gasteiger partial charge >= 0.3 is 0 Å². The average Bonchev–Trinajstić information content (AvgIpc) is 2.47. The molecular formula is C8H12ClN3OS. The molecular weight excluding hydrogens is 222 g/mol. The SMILES string of the molecule is CC(C(N)=O)c1cn(CCCl)c(=S)[nH]1. The van der Waals surface area contributed by atoms with Crippen molar-refractivity contribution in [3.05, 3.63) is 16.7 Å². The Hall–Kier alpha value is -0.810. The van der Waals surface area contributed by atoms with Gasteiger partial charge in [-0.25, -0.2) is 0 Å². The number of hydrogen-bond donors (Lipinski definition) is 2. The van der Waals surface area contributed by atoms with Crippen LogP contribution in [-0.2, 0) is 11.3 Å². The van der Waals surface area contributed by atoms with E-state index in [-0.39, 0.29) is 11.8 Å². The Morgan fingerprint density at radius 2 is 2.50 bits per heavy atom. The molecule has 0 spiro atoms. The molecule has 1 atom stereocenters. The van der Waals surface area contributed by atoms with E-state index in [1.165, 1.54) is 0 Å². The number of nitrogens with one attached hydrogen (secondary N) is 1. The van der Waals surface area contributed by atoms with Gasteiger partial charge in [0.1, 0.15) is 0 Å². The van der Waals surface area contributed by atoms with Crippen LogP contribution in [0.4, 0.5) is 0 Å². The quantitative estimate of drug-likeness (QED) is 0.610. The van der Waals surface area contributed by atoms with E-state index in [4.69, 9.17) is 29.6 Å². The lowest BCUT2D eigenvalue weighted by Crippen LogP contribution is -2.18. The number of imidazole rings is 1. The van der Waals surface area contributed by atoms with E-state index in [1.54, 1.807) is 17.7 Å². The first-order chi connectivity index (χ1) is 6.56. The van der Waals surface area contributed by atoms with E-state index in [2.05, 4.69) is 4.98 Å². The highest BCUT2D eigenvalue weighted by Gasteiger charge is 2.13. The minimum absolute atomic E-state index is 0.353. The molecule has 1 unspecified atom stereocenters. The largest absolute Gasteiger partial charge is 0.369 e. The molecule has 1 amide bonds. The third kappa shape index (κ3) is 2.36. The van der Waals surface area contributed by atoms with Crippen LogP contribution in [0.3, 0.4) is 0 Å². The highest BCUT2D eigenvalue weighted by atomic mass is 35.5. The Balaban J connectivity index is 2.96. The molecule has 1 heterocycles. The number of aromatic nitrogens is 2. The number of carbonyl (C=O) groups excluding carboxylic acids is 1. The van der Waals surface area contributed by atoms with Crippen LogP contribution in [-0.4, -0.2) is 21.3 Å². The summed E-state index contributed by atoms with van der Waals surface area (Å²) in [5.74, 6) is -0.246. The number of alkyl halides is 1. The maximum atomic E-state index is 10.9. The van der Waals surface area contributed by atoms with Crippen LogP contribution in [0.2, 0.25) is 0 Å². The van der Waals surface area contributed by atoms with E-state index >= 15 is 0 Å². The molecule has 0 saturated carbocycles. The fourth-order valence-electron chi connectivity index (χ4n) is 1.08. The van der Waals surface area contributed by atoms with Crippen molar-refractivity contribution < 1.29 is 4.79 Å². The molecule has 0 aliphatic heterocycles. The first kappa shape index (κ1) is 11.3. The molecule has 0 aliphatic rings. The zero-order valence-corrected chi connectivity index (χ0v) is 9.36. The van der Waals surface area contributed by atoms with Gasteiger partial charge in [0.15, 0.2) is 4.77 Å². The number of hydrogen-bond acceptors (Lipinski definition) is 2. The molecule has 0 aliphatic carbocycles. The summed E-state index contributed by atoms with van der Waals surface area (Å²) in [6.07, 6.45) is 1.78. The normalized spacial score (nSPS) is 12.7. The summed E-state index contributed by atoms with van der Waals surface area (Å²) in [4.78, 5) is 13.8. The average molecular weight is 234 g/mol. The van der Waals surface area contributed by atoms with Gasteiger partial charge in [0, 0.05) is 24.3 Å². The van der Waals surface area contributed by atoms with Gasteiger partial charge in [0.25, 0.3) is 0 Å². The topological polar surface area (TPSA) is 63.8 Å². The van der Waals surface area contributed by atoms with Crippen molar-refractivity contribution in [2.24, 2.45) is 5.73 Å². The van der Waals surface area contributed by atoms with E-state index in [0.29, 0.717) is 17.2 Å². The Morgan fingerprint density at radius 1 is 1.86 bits per heavy atom. The van der Waals surface area contributed by atoms with Crippen molar-refractivity contribution in [3.63, 3.8) is 0 Å². The first-order valence-electron chi connectivity index (χ1n) is 4.21. The van der Waals surface area contributed by atoms with Gasteiger partial charge in [0.05, 0.1) is 5.92 Å². The lowest BCUT2D eigenvalue weighted by molar-refractivity contribution is -0.119. The Morgan fingerprint density at radius 3 is 3.00 bits per heavy atom. The Bertz CT molecular complexity index is 384. The predicted octanol–water partition coefficient (Wildman–Crippen LogP) is 1.37. The molecule has 78 valence electrons. The second-order valence-electron chi connectivity index (χ2n) is 3.02. The Labute approximate surface area is 92.1 Å². The zero-order valence-electron chi connectivity index (χ0n) is 7.79. The monoisotopic (exact) mass is 233 g/mol. The van der Waals surface area contributed by atoms with Crippen molar-refractivity contribution in [1.82, 2.24) is 9.55 Å². The molecule has 6 heteroatoms. The summed E-state index contributed by atoms with van der Waals surface area (Å²) in [5, 5.41) is 0. The zero-order chi connectivity index (χ0) is 10.7. The molecule has 1 aromatic rings. The van der Waals surface area contributed by atoms with E-state index in [1.807, 2.05) is 0 Å². The van der Waals surface area contributed by atoms with E-state index < -0.39 is 0 Å². The molecule has 1 aromatic heterocycles. The maximum Gasteiger partial charge on any atom is 0.226 e. The number of nitrogens with two attached hydrogens (primary N) is 1. The number of carbonyl (C=O) groups is 1. The number of amides is 1. The maximum absolute atomic E-state index is 10.9. The van der Waals surface area contributed by atoms with Crippen molar-refractivity contribution >= 4 is 29.7 Å². The molecule has 4 nitrogen and oxygen atoms in total. The van der Waals surface area contributed by atoms with Gasteiger partial charge in [0.2, 0.25) is 5.91 Å². The summed E-state index contributed by atoms with van der Waals surface area (Å²) in [6.45, 7) is 2.36. The number of H-pyrrole nitrogens is 1. The van der Waals surface area contributed by atoms with Crippen LogP contribution in [0.1, 0.15) is 18.5 Å². The minimum Gasteiger partial charge on any atom is -0.369 e. The number of rotatable bonds is 4. The number of halogens is 1. The van der Waals surface area contributed by atoms with E-state index in [9.17, 15) is 4.79 Å². The smallest absolute Gasteiger partial charge is 0.226 e. The number of aryl methyl sites for hydroxylation is 1. The highest BCUT2D eigenvalue weighted by molar-refractivity contribution is 7.71. The summed E-state index contributed by atoms with van der Waals surface area (Å²) < 4.78 is 2.35. The van der Waals surface area contributed by atoms with Gasteiger partial charge in [-0.2, -0.15) is 0 Å². The van der Waals surface area contributed by atoms with Gasteiger partial charge in [-0.3, -0.25) is 4.79 Å².